The van der Waals surface area contributed by atoms with Gasteiger partial charge in [0.2, 0.25) is 5.91 Å². The molecule has 6 nitrogen and oxygen atoms in total. The first-order valence-electron chi connectivity index (χ1n) is 8.68. The summed E-state index contributed by atoms with van der Waals surface area (Å²) in [5, 5.41) is 9.25. The number of carbonyl (C=O) groups is 1. The molecular weight excluding hydrogens is 330 g/mol. The molecule has 0 saturated heterocycles. The number of anilines is 1. The van der Waals surface area contributed by atoms with E-state index in [0.717, 1.165) is 16.5 Å². The Morgan fingerprint density at radius 3 is 2.88 bits per heavy atom. The summed E-state index contributed by atoms with van der Waals surface area (Å²) >= 11 is 0. The zero-order chi connectivity index (χ0) is 18.2. The molecule has 2 aromatic carbocycles. The Morgan fingerprint density at radius 1 is 1.15 bits per heavy atom. The van der Waals surface area contributed by atoms with E-state index >= 15 is 0 Å². The second-order valence-electron chi connectivity index (χ2n) is 5.96. The van der Waals surface area contributed by atoms with Crippen molar-refractivity contribution in [3.63, 3.8) is 0 Å². The highest BCUT2D eigenvalue weighted by molar-refractivity contribution is 5.90. The van der Waals surface area contributed by atoms with Crippen molar-refractivity contribution in [2.45, 2.75) is 19.4 Å². The summed E-state index contributed by atoms with van der Waals surface area (Å²) in [6, 6.07) is 14.1. The summed E-state index contributed by atoms with van der Waals surface area (Å²) < 4.78 is 12.6. The third-order valence-electron chi connectivity index (χ3n) is 4.00. The molecule has 0 aliphatic heterocycles. The van der Waals surface area contributed by atoms with E-state index in [0.29, 0.717) is 38.3 Å². The van der Waals surface area contributed by atoms with Gasteiger partial charge in [-0.1, -0.05) is 36.4 Å². The molecule has 3 aromatic rings. The van der Waals surface area contributed by atoms with Crippen LogP contribution in [0.5, 0.6) is 5.75 Å². The van der Waals surface area contributed by atoms with Gasteiger partial charge in [0.25, 0.3) is 0 Å². The largest absolute Gasteiger partial charge is 0.493 e. The van der Waals surface area contributed by atoms with E-state index < -0.39 is 0 Å². The van der Waals surface area contributed by atoms with Crippen molar-refractivity contribution in [3.8, 4) is 5.75 Å². The van der Waals surface area contributed by atoms with Crippen LogP contribution >= 0.6 is 0 Å². The van der Waals surface area contributed by atoms with Crippen LogP contribution in [0.4, 0.5) is 5.69 Å². The first-order chi connectivity index (χ1) is 12.8. The fourth-order valence-electron chi connectivity index (χ4n) is 2.70. The van der Waals surface area contributed by atoms with Crippen LogP contribution in [0, 0.1) is 0 Å². The van der Waals surface area contributed by atoms with E-state index in [1.165, 1.54) is 0 Å². The van der Waals surface area contributed by atoms with Gasteiger partial charge in [-0.05, 0) is 17.9 Å². The smallest absolute Gasteiger partial charge is 0.224 e. The van der Waals surface area contributed by atoms with Gasteiger partial charge >= 0.3 is 0 Å². The first kappa shape index (κ1) is 17.9. The molecule has 0 atom stereocenters. The summed E-state index contributed by atoms with van der Waals surface area (Å²) in [5.41, 5.74) is 0.695. The minimum atomic E-state index is -0.0437. The fraction of sp³-hybridized carbons (Fsp3) is 0.300. The lowest BCUT2D eigenvalue weighted by Gasteiger charge is -2.09. The van der Waals surface area contributed by atoms with E-state index in [1.54, 1.807) is 24.2 Å². The molecule has 0 radical (unpaired) electrons. The third kappa shape index (κ3) is 4.83. The van der Waals surface area contributed by atoms with E-state index in [4.69, 9.17) is 9.47 Å². The zero-order valence-corrected chi connectivity index (χ0v) is 14.9. The number of nitrogens with one attached hydrogen (secondary N) is 1. The van der Waals surface area contributed by atoms with Crippen molar-refractivity contribution in [3.05, 3.63) is 54.9 Å². The number of carbonyl (C=O) groups excluding carboxylic acids is 1. The lowest BCUT2D eigenvalue weighted by molar-refractivity contribution is -0.116. The third-order valence-corrected chi connectivity index (χ3v) is 4.00. The second-order valence-corrected chi connectivity index (χ2v) is 5.96. The minimum Gasteiger partial charge on any atom is -0.493 e. The Hall–Kier alpha value is -2.86. The van der Waals surface area contributed by atoms with E-state index in [2.05, 4.69) is 22.5 Å². The summed E-state index contributed by atoms with van der Waals surface area (Å²) in [5.74, 6) is 0.806. The molecule has 1 heterocycles. The van der Waals surface area contributed by atoms with Gasteiger partial charge in [0.15, 0.2) is 0 Å². The molecule has 0 aliphatic rings. The Labute approximate surface area is 152 Å². The van der Waals surface area contributed by atoms with E-state index in [-0.39, 0.29) is 5.91 Å². The maximum Gasteiger partial charge on any atom is 0.224 e. The molecule has 3 rings (SSSR count). The van der Waals surface area contributed by atoms with Crippen LogP contribution in [0.1, 0.15) is 12.8 Å². The SMILES string of the molecule is COCCn1cc(NC(=O)CCCOc2cccc3ccccc23)cn1. The van der Waals surface area contributed by atoms with Gasteiger partial charge in [-0.15, -0.1) is 0 Å². The number of hydrogen-bond donors (Lipinski definition) is 1. The van der Waals surface area contributed by atoms with Gasteiger partial charge in [-0.25, -0.2) is 0 Å². The lowest BCUT2D eigenvalue weighted by Crippen LogP contribution is -2.12. The van der Waals surface area contributed by atoms with Crippen molar-refractivity contribution in [2.24, 2.45) is 0 Å². The number of rotatable bonds is 9. The highest BCUT2D eigenvalue weighted by atomic mass is 16.5. The van der Waals surface area contributed by atoms with E-state index in [9.17, 15) is 4.79 Å². The van der Waals surface area contributed by atoms with Crippen LogP contribution in [-0.4, -0.2) is 36.0 Å². The van der Waals surface area contributed by atoms with Crippen LogP contribution in [0.15, 0.2) is 54.9 Å². The van der Waals surface area contributed by atoms with E-state index in [1.807, 2.05) is 30.3 Å². The monoisotopic (exact) mass is 353 g/mol. The number of methoxy groups -OCH3 is 1. The van der Waals surface area contributed by atoms with Crippen LogP contribution in [0.25, 0.3) is 10.8 Å². The Morgan fingerprint density at radius 2 is 2.00 bits per heavy atom. The molecule has 26 heavy (non-hydrogen) atoms. The number of hydrogen-bond acceptors (Lipinski definition) is 4. The zero-order valence-electron chi connectivity index (χ0n) is 14.9. The quantitative estimate of drug-likeness (QED) is 0.598. The highest BCUT2D eigenvalue weighted by Gasteiger charge is 2.06. The minimum absolute atomic E-state index is 0.0437. The van der Waals surface area contributed by atoms with Crippen molar-refractivity contribution in [1.29, 1.82) is 0 Å². The predicted molar refractivity (Wildman–Crippen MR) is 101 cm³/mol. The van der Waals surface area contributed by atoms with Crippen molar-refractivity contribution >= 4 is 22.4 Å². The first-order valence-corrected chi connectivity index (χ1v) is 8.68. The number of ether oxygens (including phenoxy) is 2. The fourth-order valence-corrected chi connectivity index (χ4v) is 2.70. The number of benzene rings is 2. The number of amides is 1. The van der Waals surface area contributed by atoms with Gasteiger partial charge in [-0.3, -0.25) is 9.48 Å². The normalized spacial score (nSPS) is 10.8. The van der Waals surface area contributed by atoms with Crippen molar-refractivity contribution in [1.82, 2.24) is 9.78 Å². The maximum absolute atomic E-state index is 12.0. The molecule has 0 aliphatic carbocycles. The summed E-state index contributed by atoms with van der Waals surface area (Å²) in [6.07, 6.45) is 4.48. The van der Waals surface area contributed by atoms with Gasteiger partial charge in [-0.2, -0.15) is 5.10 Å². The van der Waals surface area contributed by atoms with Gasteiger partial charge in [0.1, 0.15) is 5.75 Å². The van der Waals surface area contributed by atoms with Crippen LogP contribution < -0.4 is 10.1 Å². The molecule has 136 valence electrons. The molecule has 0 saturated carbocycles. The molecule has 0 spiro atoms. The lowest BCUT2D eigenvalue weighted by atomic mass is 10.1. The molecule has 0 bridgehead atoms. The maximum atomic E-state index is 12.0. The number of fused-ring (bicyclic) bond motifs is 1. The molecular formula is C20H23N3O3. The van der Waals surface area contributed by atoms with Crippen LogP contribution in [-0.2, 0) is 16.1 Å². The van der Waals surface area contributed by atoms with Crippen molar-refractivity contribution < 1.29 is 14.3 Å². The standard InChI is InChI=1S/C20H23N3O3/c1-25-13-11-23-15-17(14-21-23)22-20(24)10-5-12-26-19-9-4-7-16-6-2-3-8-18(16)19/h2-4,6-9,14-15H,5,10-13H2,1H3,(H,22,24). The highest BCUT2D eigenvalue weighted by Crippen LogP contribution is 2.25. The molecule has 0 fully saturated rings. The summed E-state index contributed by atoms with van der Waals surface area (Å²) in [4.78, 5) is 12.0. The molecule has 1 N–H and O–H groups in total. The topological polar surface area (TPSA) is 65.4 Å². The molecule has 1 amide bonds. The number of aromatic nitrogens is 2. The van der Waals surface area contributed by atoms with Gasteiger partial charge < -0.3 is 14.8 Å². The molecule has 0 unspecified atom stereocenters. The van der Waals surface area contributed by atoms with Crippen molar-refractivity contribution in [2.75, 3.05) is 25.6 Å². The Balaban J connectivity index is 1.43. The summed E-state index contributed by atoms with van der Waals surface area (Å²) in [7, 11) is 1.65. The van der Waals surface area contributed by atoms with Crippen LogP contribution in [0.2, 0.25) is 0 Å². The Kier molecular flexibility index (Phi) is 6.22. The van der Waals surface area contributed by atoms with Gasteiger partial charge in [0, 0.05) is 25.1 Å². The average Bonchev–Trinajstić information content (AvgIpc) is 3.11. The number of nitrogens with zero attached hydrogens (tertiary/aromatic N) is 2. The second kappa shape index (κ2) is 9.01. The molecule has 6 heteroatoms. The average molecular weight is 353 g/mol. The summed E-state index contributed by atoms with van der Waals surface area (Å²) in [6.45, 7) is 1.74. The van der Waals surface area contributed by atoms with Gasteiger partial charge in [0.05, 0.1) is 31.6 Å². The predicted octanol–water partition coefficient (Wildman–Crippen LogP) is 3.48. The Bertz CT molecular complexity index is 855. The molecule has 1 aromatic heterocycles. The van der Waals surface area contributed by atoms with Crippen LogP contribution in [0.3, 0.4) is 0 Å².